The second kappa shape index (κ2) is 9.37. The maximum absolute atomic E-state index is 6.21. The molecule has 162 valence electrons. The van der Waals surface area contributed by atoms with Crippen molar-refractivity contribution in [1.29, 1.82) is 0 Å². The third kappa shape index (κ3) is 4.53. The first-order valence-electron chi connectivity index (χ1n) is 10.7. The average molecular weight is 464 g/mol. The van der Waals surface area contributed by atoms with Crippen LogP contribution in [0.3, 0.4) is 0 Å². The zero-order valence-electron chi connectivity index (χ0n) is 17.5. The summed E-state index contributed by atoms with van der Waals surface area (Å²) in [5.74, 6) is 0. The fourth-order valence-corrected chi connectivity index (χ4v) is 4.38. The maximum atomic E-state index is 6.21. The van der Waals surface area contributed by atoms with Crippen LogP contribution in [0.15, 0.2) is 77.9 Å². The summed E-state index contributed by atoms with van der Waals surface area (Å²) < 4.78 is 7.66. The molecule has 0 radical (unpaired) electrons. The molecule has 0 bridgehead atoms. The van der Waals surface area contributed by atoms with Crippen molar-refractivity contribution in [3.05, 3.63) is 94.1 Å². The largest absolute Gasteiger partial charge is 0.378 e. The number of hydrogen-bond acceptors (Lipinski definition) is 3. The van der Waals surface area contributed by atoms with Crippen LogP contribution >= 0.6 is 23.2 Å². The van der Waals surface area contributed by atoms with Crippen LogP contribution in [0, 0.1) is 0 Å². The van der Waals surface area contributed by atoms with Gasteiger partial charge in [0.15, 0.2) is 0 Å². The van der Waals surface area contributed by atoms with E-state index in [1.807, 2.05) is 24.4 Å². The summed E-state index contributed by atoms with van der Waals surface area (Å²) >= 11 is 12.3. The van der Waals surface area contributed by atoms with Crippen molar-refractivity contribution >= 4 is 51.7 Å². The fourth-order valence-electron chi connectivity index (χ4n) is 4.06. The van der Waals surface area contributed by atoms with Crippen molar-refractivity contribution in [2.45, 2.75) is 6.54 Å². The van der Waals surface area contributed by atoms with E-state index in [-0.39, 0.29) is 0 Å². The van der Waals surface area contributed by atoms with Crippen molar-refractivity contribution in [2.24, 2.45) is 4.99 Å². The molecule has 4 nitrogen and oxygen atoms in total. The van der Waals surface area contributed by atoms with Gasteiger partial charge in [-0.1, -0.05) is 47.5 Å². The monoisotopic (exact) mass is 463 g/mol. The van der Waals surface area contributed by atoms with Gasteiger partial charge in [0.1, 0.15) is 0 Å². The van der Waals surface area contributed by atoms with Gasteiger partial charge in [0.25, 0.3) is 0 Å². The molecule has 0 unspecified atom stereocenters. The number of anilines is 1. The Balaban J connectivity index is 1.39. The lowest BCUT2D eigenvalue weighted by atomic mass is 10.2. The summed E-state index contributed by atoms with van der Waals surface area (Å²) in [6.45, 7) is 4.14. The fraction of sp³-hybridized carbons (Fsp3) is 0.192. The molecule has 0 atom stereocenters. The summed E-state index contributed by atoms with van der Waals surface area (Å²) in [6.07, 6.45) is 4.08. The number of halogens is 2. The predicted molar refractivity (Wildman–Crippen MR) is 134 cm³/mol. The first-order chi connectivity index (χ1) is 15.7. The van der Waals surface area contributed by atoms with E-state index in [0.717, 1.165) is 48.6 Å². The number of nitrogens with zero attached hydrogens (tertiary/aromatic N) is 3. The molecule has 0 spiro atoms. The molecule has 5 rings (SSSR count). The van der Waals surface area contributed by atoms with Gasteiger partial charge in [-0.2, -0.15) is 0 Å². The topological polar surface area (TPSA) is 29.8 Å². The number of fused-ring (bicyclic) bond motifs is 1. The quantitative estimate of drug-likeness (QED) is 0.312. The SMILES string of the molecule is Clc1ccc(Cn2cc(C=Nc3ccc(N4CCOCC4)cc3)c3ccccc32)cc1Cl. The van der Waals surface area contributed by atoms with Crippen LogP contribution in [0.5, 0.6) is 0 Å². The van der Waals surface area contributed by atoms with Gasteiger partial charge in [0.05, 0.1) is 28.9 Å². The number of benzene rings is 3. The van der Waals surface area contributed by atoms with E-state index in [1.54, 1.807) is 0 Å². The van der Waals surface area contributed by atoms with E-state index in [0.29, 0.717) is 16.6 Å². The van der Waals surface area contributed by atoms with E-state index in [4.69, 9.17) is 32.9 Å². The number of morpholine rings is 1. The second-order valence-corrected chi connectivity index (χ2v) is 8.67. The normalized spacial score (nSPS) is 14.5. The van der Waals surface area contributed by atoms with Crippen LogP contribution in [0.4, 0.5) is 11.4 Å². The molecule has 1 aromatic heterocycles. The third-order valence-corrected chi connectivity index (χ3v) is 6.47. The van der Waals surface area contributed by atoms with Crippen molar-refractivity contribution in [3.63, 3.8) is 0 Å². The van der Waals surface area contributed by atoms with Gasteiger partial charge >= 0.3 is 0 Å². The van der Waals surface area contributed by atoms with Gasteiger partial charge in [-0.15, -0.1) is 0 Å². The summed E-state index contributed by atoms with van der Waals surface area (Å²) in [6, 6.07) is 22.5. The molecule has 1 aliphatic heterocycles. The Bertz CT molecular complexity index is 1260. The molecule has 3 aromatic carbocycles. The Kier molecular flexibility index (Phi) is 6.17. The van der Waals surface area contributed by atoms with Crippen LogP contribution in [0.1, 0.15) is 11.1 Å². The summed E-state index contributed by atoms with van der Waals surface area (Å²) in [7, 11) is 0. The summed E-state index contributed by atoms with van der Waals surface area (Å²) in [5.41, 5.74) is 5.48. The number of para-hydroxylation sites is 1. The highest BCUT2D eigenvalue weighted by molar-refractivity contribution is 6.42. The Hall–Kier alpha value is -2.79. The highest BCUT2D eigenvalue weighted by Crippen LogP contribution is 2.26. The predicted octanol–water partition coefficient (Wildman–Crippen LogP) is 6.58. The highest BCUT2D eigenvalue weighted by atomic mass is 35.5. The maximum Gasteiger partial charge on any atom is 0.0642 e. The third-order valence-electron chi connectivity index (χ3n) is 5.73. The van der Waals surface area contributed by atoms with Gasteiger partial charge in [0, 0.05) is 54.2 Å². The number of rotatable bonds is 5. The minimum absolute atomic E-state index is 0.570. The standard InChI is InChI=1S/C26H23Cl2N3O/c27-24-10-5-19(15-25(24)28)17-31-18-20(23-3-1-2-4-26(23)31)16-29-21-6-8-22(9-7-21)30-11-13-32-14-12-30/h1-10,15-16,18H,11-14,17H2. The molecule has 0 aliphatic carbocycles. The summed E-state index contributed by atoms with van der Waals surface area (Å²) in [4.78, 5) is 7.08. The number of aromatic nitrogens is 1. The van der Waals surface area contributed by atoms with Gasteiger partial charge < -0.3 is 14.2 Å². The Morgan fingerprint density at radius 2 is 1.69 bits per heavy atom. The van der Waals surface area contributed by atoms with E-state index in [1.165, 1.54) is 11.1 Å². The van der Waals surface area contributed by atoms with Crippen LogP contribution in [-0.4, -0.2) is 37.1 Å². The van der Waals surface area contributed by atoms with E-state index < -0.39 is 0 Å². The molecule has 0 saturated carbocycles. The molecule has 1 saturated heterocycles. The first-order valence-corrected chi connectivity index (χ1v) is 11.4. The first kappa shape index (κ1) is 21.1. The molecule has 1 fully saturated rings. The molecule has 0 N–H and O–H groups in total. The molecular formula is C26H23Cl2N3O. The van der Waals surface area contributed by atoms with Crippen molar-refractivity contribution in [3.8, 4) is 0 Å². The van der Waals surface area contributed by atoms with Crippen LogP contribution in [0.25, 0.3) is 10.9 Å². The van der Waals surface area contributed by atoms with E-state index >= 15 is 0 Å². The number of aliphatic imine (C=N–C) groups is 1. The van der Waals surface area contributed by atoms with Crippen molar-refractivity contribution in [1.82, 2.24) is 4.57 Å². The lowest BCUT2D eigenvalue weighted by Crippen LogP contribution is -2.36. The lowest BCUT2D eigenvalue weighted by molar-refractivity contribution is 0.122. The highest BCUT2D eigenvalue weighted by Gasteiger charge is 2.11. The Labute approximate surface area is 197 Å². The zero-order chi connectivity index (χ0) is 21.9. The van der Waals surface area contributed by atoms with E-state index in [2.05, 4.69) is 64.2 Å². The second-order valence-electron chi connectivity index (χ2n) is 7.85. The average Bonchev–Trinajstić information content (AvgIpc) is 3.18. The van der Waals surface area contributed by atoms with E-state index in [9.17, 15) is 0 Å². The molecular weight excluding hydrogens is 441 g/mol. The molecule has 4 aromatic rings. The molecule has 6 heteroatoms. The van der Waals surface area contributed by atoms with Gasteiger partial charge in [-0.25, -0.2) is 0 Å². The minimum Gasteiger partial charge on any atom is -0.378 e. The Morgan fingerprint density at radius 3 is 2.47 bits per heavy atom. The van der Waals surface area contributed by atoms with Crippen molar-refractivity contribution < 1.29 is 4.74 Å². The molecule has 32 heavy (non-hydrogen) atoms. The number of ether oxygens (including phenoxy) is 1. The van der Waals surface area contributed by atoms with Gasteiger partial charge in [-0.05, 0) is 48.0 Å². The van der Waals surface area contributed by atoms with Gasteiger partial charge in [0.2, 0.25) is 0 Å². The molecule has 0 amide bonds. The zero-order valence-corrected chi connectivity index (χ0v) is 19.1. The van der Waals surface area contributed by atoms with Crippen LogP contribution < -0.4 is 4.90 Å². The van der Waals surface area contributed by atoms with Gasteiger partial charge in [-0.3, -0.25) is 4.99 Å². The minimum atomic E-state index is 0.570. The van der Waals surface area contributed by atoms with Crippen molar-refractivity contribution in [2.75, 3.05) is 31.2 Å². The molecule has 2 heterocycles. The van der Waals surface area contributed by atoms with Crippen LogP contribution in [0.2, 0.25) is 10.0 Å². The lowest BCUT2D eigenvalue weighted by Gasteiger charge is -2.28. The molecule has 1 aliphatic rings. The van der Waals surface area contributed by atoms with Crippen LogP contribution in [-0.2, 0) is 11.3 Å². The Morgan fingerprint density at radius 1 is 0.906 bits per heavy atom. The summed E-state index contributed by atoms with van der Waals surface area (Å²) in [5, 5.41) is 2.31. The number of hydrogen-bond donors (Lipinski definition) is 0. The smallest absolute Gasteiger partial charge is 0.0642 e.